The van der Waals surface area contributed by atoms with Crippen LogP contribution in [0.3, 0.4) is 0 Å². The standard InChI is InChI=1S/C24H33ClN4O2/c1-5-20(24(4)11-7-10-23(24,2)3)28-22(31)27-18-13-19(21(26)30)29(15-18)14-16-8-6-9-17(25)12-16/h6,8-9,12-13,15,20H,5,7,10-11,14H2,1-4H3,(H2,26,30)(H2,27,28,31)/t20-,24-/m0/s1. The van der Waals surface area contributed by atoms with Gasteiger partial charge in [0.25, 0.3) is 5.91 Å². The Morgan fingerprint density at radius 3 is 2.55 bits per heavy atom. The number of nitrogens with two attached hydrogens (primary N) is 1. The number of halogens is 1. The molecule has 4 N–H and O–H groups in total. The zero-order chi connectivity index (χ0) is 22.8. The smallest absolute Gasteiger partial charge is 0.319 e. The number of hydrogen-bond donors (Lipinski definition) is 3. The maximum Gasteiger partial charge on any atom is 0.319 e. The van der Waals surface area contributed by atoms with Crippen LogP contribution in [0.4, 0.5) is 10.5 Å². The minimum absolute atomic E-state index is 0.0377. The Bertz CT molecular complexity index is 968. The molecule has 0 aliphatic heterocycles. The SMILES string of the molecule is CC[C@H](NC(=O)Nc1cc(C(N)=O)n(Cc2cccc(Cl)c2)c1)[C@]1(C)CCCC1(C)C. The third-order valence-electron chi connectivity index (χ3n) is 7.18. The average Bonchev–Trinajstić information content (AvgIpc) is 3.20. The van der Waals surface area contributed by atoms with Gasteiger partial charge in [0.15, 0.2) is 0 Å². The van der Waals surface area contributed by atoms with Crippen molar-refractivity contribution in [3.05, 3.63) is 52.8 Å². The molecule has 6 nitrogen and oxygen atoms in total. The highest BCUT2D eigenvalue weighted by atomic mass is 35.5. The van der Waals surface area contributed by atoms with E-state index in [1.807, 2.05) is 18.2 Å². The van der Waals surface area contributed by atoms with Gasteiger partial charge in [-0.1, -0.05) is 57.8 Å². The number of aromatic nitrogens is 1. The summed E-state index contributed by atoms with van der Waals surface area (Å²) in [6.45, 7) is 9.39. The van der Waals surface area contributed by atoms with E-state index < -0.39 is 5.91 Å². The molecule has 0 spiro atoms. The van der Waals surface area contributed by atoms with E-state index in [9.17, 15) is 9.59 Å². The van der Waals surface area contributed by atoms with Crippen LogP contribution in [0.2, 0.25) is 5.02 Å². The number of nitrogens with zero attached hydrogens (tertiary/aromatic N) is 1. The molecule has 1 heterocycles. The third kappa shape index (κ3) is 4.90. The Balaban J connectivity index is 1.74. The molecule has 168 valence electrons. The van der Waals surface area contributed by atoms with Gasteiger partial charge in [-0.25, -0.2) is 4.79 Å². The molecule has 3 amide bonds. The minimum atomic E-state index is -0.554. The maximum absolute atomic E-state index is 12.8. The Labute approximate surface area is 189 Å². The molecular weight excluding hydrogens is 412 g/mol. The number of benzene rings is 1. The number of carbonyl (C=O) groups excluding carboxylic acids is 2. The Morgan fingerprint density at radius 2 is 1.97 bits per heavy atom. The summed E-state index contributed by atoms with van der Waals surface area (Å²) in [5.74, 6) is -0.554. The lowest BCUT2D eigenvalue weighted by atomic mass is 9.64. The van der Waals surface area contributed by atoms with Gasteiger partial charge in [-0.05, 0) is 53.9 Å². The summed E-state index contributed by atoms with van der Waals surface area (Å²) in [5.41, 5.74) is 7.55. The number of carbonyl (C=O) groups is 2. The monoisotopic (exact) mass is 444 g/mol. The first-order valence-corrected chi connectivity index (χ1v) is 11.3. The normalized spacial score (nSPS) is 20.9. The van der Waals surface area contributed by atoms with Crippen LogP contribution in [0.1, 0.15) is 69.4 Å². The molecule has 1 aromatic heterocycles. The zero-order valence-electron chi connectivity index (χ0n) is 18.8. The van der Waals surface area contributed by atoms with Crippen LogP contribution in [0.5, 0.6) is 0 Å². The van der Waals surface area contributed by atoms with E-state index in [1.165, 1.54) is 6.42 Å². The van der Waals surface area contributed by atoms with Crippen molar-refractivity contribution in [1.29, 1.82) is 0 Å². The van der Waals surface area contributed by atoms with Crippen LogP contribution >= 0.6 is 11.6 Å². The van der Waals surface area contributed by atoms with Gasteiger partial charge >= 0.3 is 6.03 Å². The van der Waals surface area contributed by atoms with Crippen LogP contribution in [0.25, 0.3) is 0 Å². The fraction of sp³-hybridized carbons (Fsp3) is 0.500. The second-order valence-corrected chi connectivity index (χ2v) is 9.89. The lowest BCUT2D eigenvalue weighted by Gasteiger charge is -2.44. The van der Waals surface area contributed by atoms with E-state index in [-0.39, 0.29) is 22.9 Å². The number of anilines is 1. The van der Waals surface area contributed by atoms with Crippen molar-refractivity contribution in [1.82, 2.24) is 9.88 Å². The molecular formula is C24H33ClN4O2. The highest BCUT2D eigenvalue weighted by Gasteiger charge is 2.49. The molecule has 1 aliphatic carbocycles. The van der Waals surface area contributed by atoms with E-state index in [0.29, 0.717) is 22.9 Å². The minimum Gasteiger partial charge on any atom is -0.364 e. The Hall–Kier alpha value is -2.47. The van der Waals surface area contributed by atoms with Crippen molar-refractivity contribution in [2.45, 2.75) is 66.0 Å². The van der Waals surface area contributed by atoms with Crippen molar-refractivity contribution in [3.63, 3.8) is 0 Å². The van der Waals surface area contributed by atoms with Crippen LogP contribution < -0.4 is 16.4 Å². The Morgan fingerprint density at radius 1 is 1.23 bits per heavy atom. The van der Waals surface area contributed by atoms with Gasteiger partial charge in [0.05, 0.1) is 5.69 Å². The predicted molar refractivity (Wildman–Crippen MR) is 125 cm³/mol. The van der Waals surface area contributed by atoms with E-state index in [0.717, 1.165) is 24.8 Å². The van der Waals surface area contributed by atoms with E-state index in [2.05, 4.69) is 38.3 Å². The van der Waals surface area contributed by atoms with Gasteiger partial charge in [0.1, 0.15) is 5.69 Å². The first-order chi connectivity index (χ1) is 14.6. The molecule has 0 unspecified atom stereocenters. The van der Waals surface area contributed by atoms with Crippen LogP contribution in [0, 0.1) is 10.8 Å². The van der Waals surface area contributed by atoms with Gasteiger partial charge in [-0.2, -0.15) is 0 Å². The maximum atomic E-state index is 12.8. The molecule has 7 heteroatoms. The summed E-state index contributed by atoms with van der Waals surface area (Å²) < 4.78 is 1.72. The van der Waals surface area contributed by atoms with Gasteiger partial charge in [0.2, 0.25) is 0 Å². The van der Waals surface area contributed by atoms with Crippen LogP contribution in [-0.2, 0) is 6.54 Å². The van der Waals surface area contributed by atoms with Crippen LogP contribution in [0.15, 0.2) is 36.5 Å². The molecule has 2 atom stereocenters. The van der Waals surface area contributed by atoms with Crippen molar-refractivity contribution in [2.24, 2.45) is 16.6 Å². The average molecular weight is 445 g/mol. The number of rotatable bonds is 7. The van der Waals surface area contributed by atoms with E-state index >= 15 is 0 Å². The van der Waals surface area contributed by atoms with E-state index in [4.69, 9.17) is 17.3 Å². The molecule has 1 fully saturated rings. The molecule has 1 saturated carbocycles. The number of primary amides is 1. The largest absolute Gasteiger partial charge is 0.364 e. The van der Waals surface area contributed by atoms with Gasteiger partial charge in [-0.15, -0.1) is 0 Å². The van der Waals surface area contributed by atoms with Crippen molar-refractivity contribution in [3.8, 4) is 0 Å². The Kier molecular flexibility index (Phi) is 6.70. The summed E-state index contributed by atoms with van der Waals surface area (Å²) in [6.07, 6.45) is 6.02. The number of nitrogens with one attached hydrogen (secondary N) is 2. The fourth-order valence-electron chi connectivity index (χ4n) is 4.95. The van der Waals surface area contributed by atoms with Crippen molar-refractivity contribution < 1.29 is 9.59 Å². The zero-order valence-corrected chi connectivity index (χ0v) is 19.6. The number of hydrogen-bond acceptors (Lipinski definition) is 2. The first-order valence-electron chi connectivity index (χ1n) is 10.9. The highest BCUT2D eigenvalue weighted by molar-refractivity contribution is 6.30. The molecule has 1 aromatic carbocycles. The van der Waals surface area contributed by atoms with Gasteiger partial charge < -0.3 is 20.9 Å². The molecule has 0 radical (unpaired) electrons. The second-order valence-electron chi connectivity index (χ2n) is 9.45. The predicted octanol–water partition coefficient (Wildman–Crippen LogP) is 5.41. The number of urea groups is 1. The van der Waals surface area contributed by atoms with Crippen molar-refractivity contribution in [2.75, 3.05) is 5.32 Å². The summed E-state index contributed by atoms with van der Waals surface area (Å²) in [5, 5.41) is 6.68. The first kappa shape index (κ1) is 23.2. The summed E-state index contributed by atoms with van der Waals surface area (Å²) in [6, 6.07) is 8.81. The number of amides is 3. The molecule has 1 aliphatic rings. The molecule has 0 bridgehead atoms. The fourth-order valence-corrected chi connectivity index (χ4v) is 5.17. The summed E-state index contributed by atoms with van der Waals surface area (Å²) >= 11 is 6.07. The lowest BCUT2D eigenvalue weighted by molar-refractivity contribution is 0.0807. The van der Waals surface area contributed by atoms with Gasteiger partial charge in [0, 0.05) is 23.8 Å². The summed E-state index contributed by atoms with van der Waals surface area (Å²) in [4.78, 5) is 24.8. The van der Waals surface area contributed by atoms with E-state index in [1.54, 1.807) is 22.9 Å². The molecule has 0 saturated heterocycles. The quantitative estimate of drug-likeness (QED) is 0.533. The summed E-state index contributed by atoms with van der Waals surface area (Å²) in [7, 11) is 0. The molecule has 2 aromatic rings. The third-order valence-corrected chi connectivity index (χ3v) is 7.41. The molecule has 31 heavy (non-hydrogen) atoms. The van der Waals surface area contributed by atoms with Gasteiger partial charge in [-0.3, -0.25) is 4.79 Å². The topological polar surface area (TPSA) is 89.2 Å². The highest BCUT2D eigenvalue weighted by Crippen LogP contribution is 2.54. The van der Waals surface area contributed by atoms with Crippen molar-refractivity contribution >= 4 is 29.2 Å². The second kappa shape index (κ2) is 8.95. The molecule has 3 rings (SSSR count). The van der Waals surface area contributed by atoms with Crippen LogP contribution in [-0.4, -0.2) is 22.5 Å². The lowest BCUT2D eigenvalue weighted by Crippen LogP contribution is -2.51.